The summed E-state index contributed by atoms with van der Waals surface area (Å²) in [6.07, 6.45) is 7.17. The smallest absolute Gasteiger partial charge is 0.335 e. The molecule has 0 aromatic heterocycles. The lowest BCUT2D eigenvalue weighted by molar-refractivity contribution is -0.136. The number of amides is 1. The van der Waals surface area contributed by atoms with Crippen molar-refractivity contribution in [2.45, 2.75) is 38.1 Å². The van der Waals surface area contributed by atoms with Gasteiger partial charge in [-0.3, -0.25) is 4.79 Å². The third-order valence-corrected chi connectivity index (χ3v) is 3.38. The molecule has 0 atom stereocenters. The van der Waals surface area contributed by atoms with E-state index >= 15 is 0 Å². The predicted octanol–water partition coefficient (Wildman–Crippen LogP) is 1.26. The summed E-state index contributed by atoms with van der Waals surface area (Å²) in [7, 11) is 1.34. The van der Waals surface area contributed by atoms with Gasteiger partial charge in [0.25, 0.3) is 0 Å². The van der Waals surface area contributed by atoms with Gasteiger partial charge in [-0.05, 0) is 12.8 Å². The standard InChI is InChI=1S/C12H17NO3/c1-16-12(15)9-7-11(14)13(8-9)10-5-3-2-4-6-10/h7,10H,2-6,8H2,1H3. The minimum Gasteiger partial charge on any atom is -0.466 e. The quantitative estimate of drug-likeness (QED) is 0.662. The first-order chi connectivity index (χ1) is 7.72. The highest BCUT2D eigenvalue weighted by molar-refractivity contribution is 6.02. The van der Waals surface area contributed by atoms with Crippen molar-refractivity contribution in [1.29, 1.82) is 0 Å². The summed E-state index contributed by atoms with van der Waals surface area (Å²) in [6.45, 7) is 0.427. The summed E-state index contributed by atoms with van der Waals surface area (Å²) in [4.78, 5) is 24.9. The summed E-state index contributed by atoms with van der Waals surface area (Å²) in [5.41, 5.74) is 0.484. The average Bonchev–Trinajstić information content (AvgIpc) is 2.71. The van der Waals surface area contributed by atoms with Gasteiger partial charge in [0.05, 0.1) is 19.2 Å². The molecule has 1 fully saturated rings. The van der Waals surface area contributed by atoms with Gasteiger partial charge >= 0.3 is 5.97 Å². The van der Waals surface area contributed by atoms with E-state index in [1.165, 1.54) is 32.4 Å². The molecule has 0 radical (unpaired) electrons. The Morgan fingerprint density at radius 2 is 2.06 bits per heavy atom. The zero-order chi connectivity index (χ0) is 11.5. The summed E-state index contributed by atoms with van der Waals surface area (Å²) in [5.74, 6) is -0.418. The molecule has 1 aliphatic carbocycles. The molecular weight excluding hydrogens is 206 g/mol. The van der Waals surface area contributed by atoms with Crippen molar-refractivity contribution in [3.8, 4) is 0 Å². The van der Waals surface area contributed by atoms with E-state index in [1.807, 2.05) is 4.90 Å². The van der Waals surface area contributed by atoms with Gasteiger partial charge < -0.3 is 9.64 Å². The highest BCUT2D eigenvalue weighted by Crippen LogP contribution is 2.26. The fourth-order valence-corrected chi connectivity index (χ4v) is 2.50. The Morgan fingerprint density at radius 3 is 2.69 bits per heavy atom. The third kappa shape index (κ3) is 2.10. The highest BCUT2D eigenvalue weighted by Gasteiger charge is 2.31. The first kappa shape index (κ1) is 11.2. The monoisotopic (exact) mass is 223 g/mol. The van der Waals surface area contributed by atoms with E-state index in [2.05, 4.69) is 4.74 Å². The van der Waals surface area contributed by atoms with Crippen molar-refractivity contribution in [2.75, 3.05) is 13.7 Å². The number of nitrogens with zero attached hydrogens (tertiary/aromatic N) is 1. The molecule has 0 saturated heterocycles. The van der Waals surface area contributed by atoms with Gasteiger partial charge in [-0.1, -0.05) is 19.3 Å². The number of carbonyl (C=O) groups excluding carboxylic acids is 2. The summed E-state index contributed by atoms with van der Waals surface area (Å²) in [6, 6.07) is 0.319. The maximum absolute atomic E-state index is 11.7. The van der Waals surface area contributed by atoms with Crippen LogP contribution >= 0.6 is 0 Å². The second-order valence-corrected chi connectivity index (χ2v) is 4.42. The van der Waals surface area contributed by atoms with E-state index < -0.39 is 0 Å². The molecule has 1 amide bonds. The molecule has 16 heavy (non-hydrogen) atoms. The number of hydrogen-bond acceptors (Lipinski definition) is 3. The molecule has 1 saturated carbocycles. The Bertz CT molecular complexity index is 329. The second-order valence-electron chi connectivity index (χ2n) is 4.42. The molecule has 4 heteroatoms. The number of rotatable bonds is 2. The lowest BCUT2D eigenvalue weighted by Gasteiger charge is -2.31. The van der Waals surface area contributed by atoms with Gasteiger partial charge in [0.1, 0.15) is 0 Å². The zero-order valence-corrected chi connectivity index (χ0v) is 9.57. The van der Waals surface area contributed by atoms with Crippen LogP contribution in [0.15, 0.2) is 11.6 Å². The summed E-state index contributed by atoms with van der Waals surface area (Å²) < 4.78 is 4.63. The van der Waals surface area contributed by atoms with Crippen LogP contribution in [0.1, 0.15) is 32.1 Å². The van der Waals surface area contributed by atoms with Gasteiger partial charge in [0, 0.05) is 12.1 Å². The van der Waals surface area contributed by atoms with Gasteiger partial charge in [-0.2, -0.15) is 0 Å². The zero-order valence-electron chi connectivity index (χ0n) is 9.57. The van der Waals surface area contributed by atoms with Crippen LogP contribution in [0.2, 0.25) is 0 Å². The molecule has 88 valence electrons. The molecule has 0 bridgehead atoms. The van der Waals surface area contributed by atoms with Crippen molar-refractivity contribution in [1.82, 2.24) is 4.90 Å². The fraction of sp³-hybridized carbons (Fsp3) is 0.667. The predicted molar refractivity (Wildman–Crippen MR) is 58.7 cm³/mol. The number of esters is 1. The van der Waals surface area contributed by atoms with Gasteiger partial charge in [-0.25, -0.2) is 4.79 Å². The number of methoxy groups -OCH3 is 1. The Kier molecular flexibility index (Phi) is 3.27. The van der Waals surface area contributed by atoms with E-state index in [0.29, 0.717) is 18.2 Å². The van der Waals surface area contributed by atoms with Gasteiger partial charge in [-0.15, -0.1) is 0 Å². The highest BCUT2D eigenvalue weighted by atomic mass is 16.5. The van der Waals surface area contributed by atoms with Crippen molar-refractivity contribution in [2.24, 2.45) is 0 Å². The van der Waals surface area contributed by atoms with Gasteiger partial charge in [0.2, 0.25) is 5.91 Å². The van der Waals surface area contributed by atoms with Crippen LogP contribution in [0.4, 0.5) is 0 Å². The van der Waals surface area contributed by atoms with E-state index in [0.717, 1.165) is 12.8 Å². The van der Waals surface area contributed by atoms with Crippen LogP contribution in [0.3, 0.4) is 0 Å². The average molecular weight is 223 g/mol. The van der Waals surface area contributed by atoms with Crippen LogP contribution in [0.25, 0.3) is 0 Å². The Morgan fingerprint density at radius 1 is 1.38 bits per heavy atom. The van der Waals surface area contributed by atoms with E-state index in [9.17, 15) is 9.59 Å². The first-order valence-corrected chi connectivity index (χ1v) is 5.82. The van der Waals surface area contributed by atoms with E-state index in [4.69, 9.17) is 0 Å². The molecular formula is C12H17NO3. The molecule has 1 aliphatic heterocycles. The number of ether oxygens (including phenoxy) is 1. The van der Waals surface area contributed by atoms with Crippen molar-refractivity contribution in [3.63, 3.8) is 0 Å². The molecule has 0 spiro atoms. The molecule has 2 aliphatic rings. The van der Waals surface area contributed by atoms with Crippen molar-refractivity contribution in [3.05, 3.63) is 11.6 Å². The van der Waals surface area contributed by atoms with Gasteiger partial charge in [0.15, 0.2) is 0 Å². The number of hydrogen-bond donors (Lipinski definition) is 0. The minimum absolute atomic E-state index is 0.0349. The lowest BCUT2D eigenvalue weighted by Crippen LogP contribution is -2.38. The Labute approximate surface area is 95.2 Å². The topological polar surface area (TPSA) is 46.6 Å². The lowest BCUT2D eigenvalue weighted by atomic mass is 9.94. The van der Waals surface area contributed by atoms with Crippen molar-refractivity contribution >= 4 is 11.9 Å². The Balaban J connectivity index is 2.00. The maximum atomic E-state index is 11.7. The van der Waals surface area contributed by atoms with Crippen LogP contribution in [-0.2, 0) is 14.3 Å². The molecule has 0 unspecified atom stereocenters. The van der Waals surface area contributed by atoms with Crippen LogP contribution in [0.5, 0.6) is 0 Å². The largest absolute Gasteiger partial charge is 0.466 e. The SMILES string of the molecule is COC(=O)C1=CC(=O)N(C2CCCCC2)C1. The molecule has 0 aromatic carbocycles. The maximum Gasteiger partial charge on any atom is 0.335 e. The molecule has 2 rings (SSSR count). The second kappa shape index (κ2) is 4.68. The molecule has 0 N–H and O–H groups in total. The number of carbonyl (C=O) groups is 2. The fourth-order valence-electron chi connectivity index (χ4n) is 2.50. The molecule has 4 nitrogen and oxygen atoms in total. The summed E-state index contributed by atoms with van der Waals surface area (Å²) >= 11 is 0. The van der Waals surface area contributed by atoms with Crippen LogP contribution in [-0.4, -0.2) is 36.5 Å². The van der Waals surface area contributed by atoms with Crippen LogP contribution < -0.4 is 0 Å². The minimum atomic E-state index is -0.383. The van der Waals surface area contributed by atoms with E-state index in [-0.39, 0.29) is 11.9 Å². The van der Waals surface area contributed by atoms with E-state index in [1.54, 1.807) is 0 Å². The molecule has 0 aromatic rings. The van der Waals surface area contributed by atoms with Crippen LogP contribution in [0, 0.1) is 0 Å². The third-order valence-electron chi connectivity index (χ3n) is 3.38. The first-order valence-electron chi connectivity index (χ1n) is 5.82. The van der Waals surface area contributed by atoms with Crippen molar-refractivity contribution < 1.29 is 14.3 Å². The summed E-state index contributed by atoms with van der Waals surface area (Å²) in [5, 5.41) is 0. The molecule has 1 heterocycles. The Hall–Kier alpha value is -1.32. The normalized spacial score (nSPS) is 22.2.